The van der Waals surface area contributed by atoms with Gasteiger partial charge in [0.25, 0.3) is 0 Å². The van der Waals surface area contributed by atoms with Crippen LogP contribution in [0.3, 0.4) is 0 Å². The van der Waals surface area contributed by atoms with Crippen molar-refractivity contribution >= 4 is 18.0 Å². The molecule has 1 saturated heterocycles. The fourth-order valence-corrected chi connectivity index (χ4v) is 2.26. The summed E-state index contributed by atoms with van der Waals surface area (Å²) in [5.74, 6) is 0.652. The Balaban J connectivity index is 0.00000133. The fraction of sp³-hybridized carbons (Fsp3) is 0.538. The third kappa shape index (κ3) is 3.43. The minimum Gasteiger partial charge on any atom is -0.471 e. The molecule has 0 aliphatic carbocycles. The Morgan fingerprint density at radius 2 is 2.21 bits per heavy atom. The maximum atomic E-state index is 5.94. The summed E-state index contributed by atoms with van der Waals surface area (Å²) in [5, 5.41) is 3.28. The fourth-order valence-electron chi connectivity index (χ4n) is 2.26. The van der Waals surface area contributed by atoms with Gasteiger partial charge in [0.15, 0.2) is 0 Å². The van der Waals surface area contributed by atoms with Gasteiger partial charge in [-0.15, -0.1) is 12.4 Å². The summed E-state index contributed by atoms with van der Waals surface area (Å²) in [5.41, 5.74) is 2.04. The molecule has 1 aromatic rings. The molecule has 0 unspecified atom stereocenters. The van der Waals surface area contributed by atoms with Gasteiger partial charge in [0.2, 0.25) is 5.88 Å². The maximum Gasteiger partial charge on any atom is 0.240 e. The summed E-state index contributed by atoms with van der Waals surface area (Å²) in [7, 11) is 0. The van der Waals surface area contributed by atoms with E-state index < -0.39 is 0 Å². The maximum absolute atomic E-state index is 5.94. The van der Waals surface area contributed by atoms with E-state index in [4.69, 9.17) is 9.47 Å². The average molecular weight is 284 g/mol. The Labute approximate surface area is 118 Å². The van der Waals surface area contributed by atoms with Gasteiger partial charge in [-0.25, -0.2) is 9.97 Å². The molecule has 2 aliphatic heterocycles. The number of aromatic nitrogens is 2. The van der Waals surface area contributed by atoms with Gasteiger partial charge in [-0.3, -0.25) is 0 Å². The summed E-state index contributed by atoms with van der Waals surface area (Å²) >= 11 is 0. The van der Waals surface area contributed by atoms with Crippen LogP contribution in [0.25, 0.3) is 5.57 Å². The van der Waals surface area contributed by atoms with E-state index in [2.05, 4.69) is 21.4 Å². The summed E-state index contributed by atoms with van der Waals surface area (Å²) in [6.07, 6.45) is 7.57. The Bertz CT molecular complexity index is 447. The van der Waals surface area contributed by atoms with E-state index in [-0.39, 0.29) is 18.5 Å². The van der Waals surface area contributed by atoms with Gasteiger partial charge in [0, 0.05) is 18.9 Å². The van der Waals surface area contributed by atoms with Crippen molar-refractivity contribution in [2.45, 2.75) is 18.9 Å². The summed E-state index contributed by atoms with van der Waals surface area (Å²) in [4.78, 5) is 8.74. The molecule has 3 heterocycles. The second kappa shape index (κ2) is 6.84. The second-order valence-electron chi connectivity index (χ2n) is 4.50. The average Bonchev–Trinajstić information content (AvgIpc) is 2.93. The molecule has 0 bridgehead atoms. The molecule has 0 amide bonds. The molecule has 0 saturated carbocycles. The topological polar surface area (TPSA) is 56.3 Å². The normalized spacial score (nSPS) is 22.5. The number of hydrogen-bond donors (Lipinski definition) is 1. The van der Waals surface area contributed by atoms with E-state index >= 15 is 0 Å². The smallest absolute Gasteiger partial charge is 0.240 e. The second-order valence-corrected chi connectivity index (χ2v) is 4.50. The molecule has 0 radical (unpaired) electrons. The van der Waals surface area contributed by atoms with Crippen LogP contribution in [0.1, 0.15) is 18.5 Å². The number of halogens is 1. The molecule has 5 nitrogen and oxygen atoms in total. The van der Waals surface area contributed by atoms with E-state index in [1.165, 1.54) is 5.57 Å². The van der Waals surface area contributed by atoms with Gasteiger partial charge in [-0.2, -0.15) is 0 Å². The molecule has 0 spiro atoms. The Morgan fingerprint density at radius 3 is 2.95 bits per heavy atom. The van der Waals surface area contributed by atoms with Gasteiger partial charge in [-0.05, 0) is 25.0 Å². The first kappa shape index (κ1) is 14.2. The lowest BCUT2D eigenvalue weighted by Crippen LogP contribution is -2.21. The van der Waals surface area contributed by atoms with Crippen LogP contribution in [0.15, 0.2) is 18.5 Å². The van der Waals surface area contributed by atoms with Crippen molar-refractivity contribution < 1.29 is 9.47 Å². The molecule has 3 rings (SSSR count). The van der Waals surface area contributed by atoms with Crippen molar-refractivity contribution in [3.05, 3.63) is 24.2 Å². The predicted octanol–water partition coefficient (Wildman–Crippen LogP) is 1.44. The van der Waals surface area contributed by atoms with Crippen molar-refractivity contribution in [1.82, 2.24) is 15.3 Å². The zero-order valence-electron chi connectivity index (χ0n) is 10.7. The van der Waals surface area contributed by atoms with Gasteiger partial charge >= 0.3 is 0 Å². The monoisotopic (exact) mass is 283 g/mol. The molecule has 19 heavy (non-hydrogen) atoms. The van der Waals surface area contributed by atoms with E-state index in [1.54, 1.807) is 12.4 Å². The number of rotatable bonds is 3. The largest absolute Gasteiger partial charge is 0.471 e. The Kier molecular flexibility index (Phi) is 5.13. The zero-order chi connectivity index (χ0) is 12.2. The number of nitrogens with one attached hydrogen (secondary N) is 1. The zero-order valence-corrected chi connectivity index (χ0v) is 11.5. The highest BCUT2D eigenvalue weighted by molar-refractivity contribution is 5.85. The minimum absolute atomic E-state index is 0. The van der Waals surface area contributed by atoms with Crippen LogP contribution >= 0.6 is 12.4 Å². The number of ether oxygens (including phenoxy) is 2. The van der Waals surface area contributed by atoms with E-state index in [0.717, 1.165) is 38.2 Å². The molecule has 2 aliphatic rings. The quantitative estimate of drug-likeness (QED) is 0.910. The van der Waals surface area contributed by atoms with E-state index in [9.17, 15) is 0 Å². The molecule has 0 aromatic carbocycles. The molecule has 1 fully saturated rings. The summed E-state index contributed by atoms with van der Waals surface area (Å²) < 4.78 is 11.3. The van der Waals surface area contributed by atoms with Crippen molar-refractivity contribution in [2.24, 2.45) is 0 Å². The third-order valence-corrected chi connectivity index (χ3v) is 3.23. The van der Waals surface area contributed by atoms with Gasteiger partial charge in [0.05, 0.1) is 13.2 Å². The highest BCUT2D eigenvalue weighted by atomic mass is 35.5. The predicted molar refractivity (Wildman–Crippen MR) is 74.6 cm³/mol. The van der Waals surface area contributed by atoms with Crippen molar-refractivity contribution in [3.63, 3.8) is 0 Å². The van der Waals surface area contributed by atoms with Crippen LogP contribution in [0, 0.1) is 0 Å². The van der Waals surface area contributed by atoms with Crippen LogP contribution in [0.5, 0.6) is 5.88 Å². The molecule has 1 aromatic heterocycles. The van der Waals surface area contributed by atoms with Crippen LogP contribution < -0.4 is 10.1 Å². The molecule has 1 atom stereocenters. The molecule has 6 heteroatoms. The Hall–Kier alpha value is -1.17. The lowest BCUT2D eigenvalue weighted by Gasteiger charge is -2.17. The van der Waals surface area contributed by atoms with Gasteiger partial charge < -0.3 is 14.8 Å². The lowest BCUT2D eigenvalue weighted by molar-refractivity contribution is 0.161. The van der Waals surface area contributed by atoms with Gasteiger partial charge in [-0.1, -0.05) is 6.08 Å². The van der Waals surface area contributed by atoms with E-state index in [1.807, 2.05) is 0 Å². The van der Waals surface area contributed by atoms with Crippen LogP contribution in [0.4, 0.5) is 0 Å². The highest BCUT2D eigenvalue weighted by Gasteiger charge is 2.20. The first-order chi connectivity index (χ1) is 8.93. The SMILES string of the molecule is C1=C(c2nccnc2O[C@@H]2CCNC2)CCOC1.Cl. The van der Waals surface area contributed by atoms with Crippen LogP contribution in [0.2, 0.25) is 0 Å². The molecule has 1 N–H and O–H groups in total. The molecule has 104 valence electrons. The number of nitrogens with zero attached hydrogens (tertiary/aromatic N) is 2. The Morgan fingerprint density at radius 1 is 1.32 bits per heavy atom. The lowest BCUT2D eigenvalue weighted by atomic mass is 10.1. The summed E-state index contributed by atoms with van der Waals surface area (Å²) in [6, 6.07) is 0. The molecular formula is C13H18ClN3O2. The van der Waals surface area contributed by atoms with Crippen LogP contribution in [-0.4, -0.2) is 42.4 Å². The summed E-state index contributed by atoms with van der Waals surface area (Å²) in [6.45, 7) is 3.29. The van der Waals surface area contributed by atoms with Crippen molar-refractivity contribution in [3.8, 4) is 5.88 Å². The molecular weight excluding hydrogens is 266 g/mol. The number of hydrogen-bond acceptors (Lipinski definition) is 5. The van der Waals surface area contributed by atoms with Crippen molar-refractivity contribution in [1.29, 1.82) is 0 Å². The van der Waals surface area contributed by atoms with E-state index in [0.29, 0.717) is 12.5 Å². The van der Waals surface area contributed by atoms with Crippen molar-refractivity contribution in [2.75, 3.05) is 26.3 Å². The standard InChI is InChI=1S/C13H17N3O2.ClH/c1-4-14-9-11(1)18-13-12(15-5-6-16-13)10-2-7-17-8-3-10;/h2,5-6,11,14H,1,3-4,7-9H2;1H/t11-;/m1./s1. The first-order valence-electron chi connectivity index (χ1n) is 6.39. The van der Waals surface area contributed by atoms with Gasteiger partial charge in [0.1, 0.15) is 11.8 Å². The first-order valence-corrected chi connectivity index (χ1v) is 6.39. The highest BCUT2D eigenvalue weighted by Crippen LogP contribution is 2.27. The third-order valence-electron chi connectivity index (χ3n) is 3.23. The van der Waals surface area contributed by atoms with Crippen LogP contribution in [-0.2, 0) is 4.74 Å². The minimum atomic E-state index is 0.